The van der Waals surface area contributed by atoms with Crippen molar-refractivity contribution in [1.82, 2.24) is 5.32 Å². The average molecular weight is 439 g/mol. The highest BCUT2D eigenvalue weighted by Crippen LogP contribution is 2.36. The molecule has 5 aliphatic rings. The van der Waals surface area contributed by atoms with Gasteiger partial charge in [-0.05, 0) is 92.7 Å². The lowest BCUT2D eigenvalue weighted by atomic mass is 9.99. The molecule has 0 spiro atoms. The van der Waals surface area contributed by atoms with E-state index in [9.17, 15) is 5.11 Å². The van der Waals surface area contributed by atoms with Gasteiger partial charge in [0.15, 0.2) is 0 Å². The van der Waals surface area contributed by atoms with Crippen LogP contribution in [0.4, 0.5) is 0 Å². The van der Waals surface area contributed by atoms with Gasteiger partial charge < -0.3 is 10.4 Å². The lowest BCUT2D eigenvalue weighted by Crippen LogP contribution is -2.09. The molecule has 0 aromatic heterocycles. The molecule has 5 nitrogen and oxygen atoms in total. The van der Waals surface area contributed by atoms with E-state index in [1.807, 2.05) is 13.0 Å². The van der Waals surface area contributed by atoms with Gasteiger partial charge in [0.1, 0.15) is 0 Å². The molecule has 0 aromatic carbocycles. The quantitative estimate of drug-likeness (QED) is 0.471. The van der Waals surface area contributed by atoms with E-state index < -0.39 is 0 Å². The number of fused-ring (bicyclic) bond motifs is 5. The van der Waals surface area contributed by atoms with Gasteiger partial charge in [0.25, 0.3) is 0 Å². The molecule has 33 heavy (non-hydrogen) atoms. The van der Waals surface area contributed by atoms with E-state index >= 15 is 0 Å². The van der Waals surface area contributed by atoms with Gasteiger partial charge in [-0.2, -0.15) is 0 Å². The Morgan fingerprint density at radius 3 is 2.36 bits per heavy atom. The number of rotatable bonds is 1. The van der Waals surface area contributed by atoms with Crippen LogP contribution in [0, 0.1) is 5.92 Å². The average Bonchev–Trinajstić information content (AvgIpc) is 3.49. The molecule has 2 N–H and O–H groups in total. The Morgan fingerprint density at radius 2 is 1.64 bits per heavy atom. The summed E-state index contributed by atoms with van der Waals surface area (Å²) in [6, 6.07) is 0. The van der Waals surface area contributed by atoms with Crippen LogP contribution in [0.15, 0.2) is 107 Å². The largest absolute Gasteiger partial charge is 0.515 e. The van der Waals surface area contributed by atoms with Crippen molar-refractivity contribution in [1.29, 1.82) is 0 Å². The standard InChI is InChI=1S/C28H30N4O/c1-7-19-16(4)26-12-28-20(13-33)17(5)25(32-28)10-21-14(2)8-23(29-21)18(6)24-9-15(3)22(30-24)11-27(19)31-26/h9-14,29,33H,7-8H2,1-6H3/b20-13-,21-10?,22-11?,23-18?,26-12?. The van der Waals surface area contributed by atoms with Crippen molar-refractivity contribution in [2.75, 3.05) is 0 Å². The predicted molar refractivity (Wildman–Crippen MR) is 136 cm³/mol. The smallest absolute Gasteiger partial charge is 0.0889 e. The molecule has 1 unspecified atom stereocenters. The van der Waals surface area contributed by atoms with Crippen LogP contribution in [0.5, 0.6) is 0 Å². The van der Waals surface area contributed by atoms with Crippen LogP contribution >= 0.6 is 0 Å². The first-order chi connectivity index (χ1) is 15.8. The van der Waals surface area contributed by atoms with Crippen molar-refractivity contribution in [3.05, 3.63) is 92.5 Å². The van der Waals surface area contributed by atoms with Crippen molar-refractivity contribution >= 4 is 17.1 Å². The van der Waals surface area contributed by atoms with E-state index in [-0.39, 0.29) is 0 Å². The Bertz CT molecular complexity index is 1330. The van der Waals surface area contributed by atoms with E-state index in [0.29, 0.717) is 5.92 Å². The number of hydrogen-bond donors (Lipinski definition) is 2. The number of allylic oxidation sites excluding steroid dienone is 12. The third kappa shape index (κ3) is 3.43. The van der Waals surface area contributed by atoms with Gasteiger partial charge in [-0.15, -0.1) is 0 Å². The Kier molecular flexibility index (Phi) is 5.08. The number of aliphatic hydroxyl groups excluding tert-OH is 1. The fourth-order valence-corrected chi connectivity index (χ4v) is 4.97. The lowest BCUT2D eigenvalue weighted by molar-refractivity contribution is 0.471. The Labute approximate surface area is 195 Å². The predicted octanol–water partition coefficient (Wildman–Crippen LogP) is 6.31. The first kappa shape index (κ1) is 21.4. The van der Waals surface area contributed by atoms with E-state index in [2.05, 4.69) is 58.2 Å². The topological polar surface area (TPSA) is 69.3 Å². The monoisotopic (exact) mass is 438 g/mol. The van der Waals surface area contributed by atoms with E-state index in [1.165, 1.54) is 16.8 Å². The van der Waals surface area contributed by atoms with Gasteiger partial charge in [0, 0.05) is 22.9 Å². The first-order valence-corrected chi connectivity index (χ1v) is 11.6. The Balaban J connectivity index is 1.76. The molecule has 0 aliphatic carbocycles. The molecule has 0 radical (unpaired) electrons. The molecular weight excluding hydrogens is 408 g/mol. The maximum Gasteiger partial charge on any atom is 0.0889 e. The summed E-state index contributed by atoms with van der Waals surface area (Å²) in [6.45, 7) is 12.8. The summed E-state index contributed by atoms with van der Waals surface area (Å²) in [7, 11) is 0. The van der Waals surface area contributed by atoms with Crippen LogP contribution in [0.2, 0.25) is 0 Å². The first-order valence-electron chi connectivity index (χ1n) is 11.6. The molecule has 1 atom stereocenters. The molecule has 1 saturated heterocycles. The molecule has 5 heterocycles. The highest BCUT2D eigenvalue weighted by molar-refractivity contribution is 6.18. The van der Waals surface area contributed by atoms with E-state index in [0.717, 1.165) is 81.3 Å². The third-order valence-corrected chi connectivity index (χ3v) is 7.19. The van der Waals surface area contributed by atoms with Crippen molar-refractivity contribution in [2.24, 2.45) is 20.9 Å². The zero-order chi connectivity index (χ0) is 23.4. The third-order valence-electron chi connectivity index (χ3n) is 7.19. The number of hydrogen-bond acceptors (Lipinski definition) is 5. The summed E-state index contributed by atoms with van der Waals surface area (Å²) in [5, 5.41) is 13.6. The summed E-state index contributed by atoms with van der Waals surface area (Å²) in [5.41, 5.74) is 14.2. The highest BCUT2D eigenvalue weighted by Gasteiger charge is 2.28. The molecule has 5 rings (SSSR count). The lowest BCUT2D eigenvalue weighted by Gasteiger charge is -2.07. The molecule has 8 bridgehead atoms. The van der Waals surface area contributed by atoms with Crippen LogP contribution in [-0.4, -0.2) is 22.2 Å². The number of nitrogens with one attached hydrogen (secondary N) is 1. The molecule has 0 saturated carbocycles. The zero-order valence-corrected chi connectivity index (χ0v) is 20.2. The normalized spacial score (nSPS) is 25.7. The van der Waals surface area contributed by atoms with Crippen molar-refractivity contribution in [3.8, 4) is 0 Å². The van der Waals surface area contributed by atoms with Gasteiger partial charge >= 0.3 is 0 Å². The van der Waals surface area contributed by atoms with Crippen molar-refractivity contribution in [3.63, 3.8) is 0 Å². The van der Waals surface area contributed by atoms with Crippen molar-refractivity contribution in [2.45, 2.75) is 54.4 Å². The minimum atomic E-state index is 0.353. The summed E-state index contributed by atoms with van der Waals surface area (Å²) in [5.74, 6) is 0.353. The maximum atomic E-state index is 10.0. The fraction of sp³-hybridized carbons (Fsp3) is 0.321. The maximum absolute atomic E-state index is 10.0. The second-order valence-electron chi connectivity index (χ2n) is 9.32. The van der Waals surface area contributed by atoms with E-state index in [4.69, 9.17) is 15.0 Å². The van der Waals surface area contributed by atoms with Gasteiger partial charge in [-0.1, -0.05) is 13.8 Å². The van der Waals surface area contributed by atoms with Gasteiger partial charge in [-0.25, -0.2) is 15.0 Å². The van der Waals surface area contributed by atoms with Crippen LogP contribution < -0.4 is 5.32 Å². The van der Waals surface area contributed by atoms with Gasteiger partial charge in [0.2, 0.25) is 0 Å². The van der Waals surface area contributed by atoms with Crippen molar-refractivity contribution < 1.29 is 5.11 Å². The number of nitrogens with zero attached hydrogens (tertiary/aromatic N) is 3. The minimum Gasteiger partial charge on any atom is -0.515 e. The highest BCUT2D eigenvalue weighted by atomic mass is 16.2. The molecule has 1 fully saturated rings. The molecule has 5 heteroatoms. The molecule has 0 amide bonds. The SMILES string of the molecule is CCC1=C(C)C2=CC3=NC(=C(C)/C3=C/O)C=C3NC(=C(C)C4=NC(=CC1=N2)C(C)=C4)CC3C. The van der Waals surface area contributed by atoms with Crippen LogP contribution in [-0.2, 0) is 0 Å². The fourth-order valence-electron chi connectivity index (χ4n) is 4.97. The molecule has 168 valence electrons. The van der Waals surface area contributed by atoms with Crippen LogP contribution in [0.25, 0.3) is 0 Å². The number of aliphatic hydroxyl groups is 1. The van der Waals surface area contributed by atoms with Gasteiger partial charge in [0.05, 0.1) is 40.5 Å². The zero-order valence-electron chi connectivity index (χ0n) is 20.2. The summed E-state index contributed by atoms with van der Waals surface area (Å²) in [4.78, 5) is 14.8. The molecular formula is C28H30N4O. The Morgan fingerprint density at radius 1 is 0.909 bits per heavy atom. The minimum absolute atomic E-state index is 0.353. The second kappa shape index (κ2) is 7.84. The van der Waals surface area contributed by atoms with E-state index in [1.54, 1.807) is 0 Å². The second-order valence-corrected chi connectivity index (χ2v) is 9.32. The van der Waals surface area contributed by atoms with Crippen LogP contribution in [0.3, 0.4) is 0 Å². The molecule has 0 aromatic rings. The summed E-state index contributed by atoms with van der Waals surface area (Å²) in [6.07, 6.45) is 11.4. The Hall–Kier alpha value is -3.47. The van der Waals surface area contributed by atoms with Crippen LogP contribution in [0.1, 0.15) is 54.4 Å². The molecule has 5 aliphatic heterocycles. The summed E-state index contributed by atoms with van der Waals surface area (Å²) >= 11 is 0. The van der Waals surface area contributed by atoms with Gasteiger partial charge in [-0.3, -0.25) is 0 Å². The number of aliphatic imine (C=N–C) groups is 3. The summed E-state index contributed by atoms with van der Waals surface area (Å²) < 4.78 is 0.